The SMILES string of the molecule is C1CCCCC(C2CCCCCNCC2)CCC1. The third-order valence-electron chi connectivity index (χ3n) is 5.19. The minimum absolute atomic E-state index is 1.04. The van der Waals surface area contributed by atoms with Gasteiger partial charge in [0.1, 0.15) is 0 Å². The van der Waals surface area contributed by atoms with Gasteiger partial charge in [0.15, 0.2) is 0 Å². The van der Waals surface area contributed by atoms with Gasteiger partial charge in [0.25, 0.3) is 0 Å². The molecule has 0 radical (unpaired) electrons. The molecule has 1 saturated carbocycles. The zero-order chi connectivity index (χ0) is 12.5. The number of hydrogen-bond acceptors (Lipinski definition) is 1. The van der Waals surface area contributed by atoms with Gasteiger partial charge < -0.3 is 5.32 Å². The molecule has 1 unspecified atom stereocenters. The summed E-state index contributed by atoms with van der Waals surface area (Å²) < 4.78 is 0. The van der Waals surface area contributed by atoms with Crippen LogP contribution in [0.4, 0.5) is 0 Å². The molecule has 1 heterocycles. The molecule has 0 bridgehead atoms. The molecule has 1 saturated heterocycles. The lowest BCUT2D eigenvalue weighted by atomic mass is 9.79. The third-order valence-corrected chi connectivity index (χ3v) is 5.19. The van der Waals surface area contributed by atoms with Gasteiger partial charge in [-0.2, -0.15) is 0 Å². The van der Waals surface area contributed by atoms with E-state index in [9.17, 15) is 0 Å². The topological polar surface area (TPSA) is 12.0 Å². The van der Waals surface area contributed by atoms with E-state index in [0.29, 0.717) is 0 Å². The van der Waals surface area contributed by atoms with Gasteiger partial charge in [-0.3, -0.25) is 0 Å². The smallest absolute Gasteiger partial charge is 0.00462 e. The summed E-state index contributed by atoms with van der Waals surface area (Å²) in [5, 5.41) is 3.64. The van der Waals surface area contributed by atoms with Crippen molar-refractivity contribution < 1.29 is 0 Å². The van der Waals surface area contributed by atoms with Crippen molar-refractivity contribution in [2.75, 3.05) is 13.1 Å². The quantitative estimate of drug-likeness (QED) is 0.698. The van der Waals surface area contributed by atoms with Crippen molar-refractivity contribution in [1.82, 2.24) is 5.32 Å². The van der Waals surface area contributed by atoms with Crippen LogP contribution >= 0.6 is 0 Å². The zero-order valence-electron chi connectivity index (χ0n) is 12.3. The monoisotopic (exact) mass is 251 g/mol. The Bertz CT molecular complexity index is 160. The van der Waals surface area contributed by atoms with E-state index in [2.05, 4.69) is 5.32 Å². The molecule has 1 heteroatoms. The Hall–Kier alpha value is -0.0400. The second kappa shape index (κ2) is 8.96. The van der Waals surface area contributed by atoms with Crippen LogP contribution in [0.5, 0.6) is 0 Å². The van der Waals surface area contributed by atoms with Crippen molar-refractivity contribution >= 4 is 0 Å². The van der Waals surface area contributed by atoms with Gasteiger partial charge in [-0.25, -0.2) is 0 Å². The van der Waals surface area contributed by atoms with Gasteiger partial charge in [-0.1, -0.05) is 70.6 Å². The van der Waals surface area contributed by atoms with Crippen LogP contribution in [0.2, 0.25) is 0 Å². The minimum Gasteiger partial charge on any atom is -0.317 e. The maximum atomic E-state index is 3.64. The summed E-state index contributed by atoms with van der Waals surface area (Å²) in [6.07, 6.45) is 19.4. The van der Waals surface area contributed by atoms with Crippen LogP contribution < -0.4 is 5.32 Å². The molecule has 1 nitrogen and oxygen atoms in total. The summed E-state index contributed by atoms with van der Waals surface area (Å²) in [5.74, 6) is 2.09. The summed E-state index contributed by atoms with van der Waals surface area (Å²) in [5.41, 5.74) is 0. The van der Waals surface area contributed by atoms with Crippen LogP contribution in [0.3, 0.4) is 0 Å². The first-order valence-corrected chi connectivity index (χ1v) is 8.67. The summed E-state index contributed by atoms with van der Waals surface area (Å²) in [6.45, 7) is 2.54. The molecule has 0 aromatic heterocycles. The molecule has 18 heavy (non-hydrogen) atoms. The Morgan fingerprint density at radius 3 is 1.61 bits per heavy atom. The van der Waals surface area contributed by atoms with Crippen molar-refractivity contribution in [3.63, 3.8) is 0 Å². The highest BCUT2D eigenvalue weighted by Gasteiger charge is 2.21. The molecule has 2 aliphatic rings. The van der Waals surface area contributed by atoms with E-state index in [4.69, 9.17) is 0 Å². The molecular formula is C17H33N. The fourth-order valence-corrected chi connectivity index (χ4v) is 4.00. The summed E-state index contributed by atoms with van der Waals surface area (Å²) in [6, 6.07) is 0. The molecule has 1 aliphatic carbocycles. The summed E-state index contributed by atoms with van der Waals surface area (Å²) in [7, 11) is 0. The normalized spacial score (nSPS) is 30.3. The van der Waals surface area contributed by atoms with Gasteiger partial charge in [0.2, 0.25) is 0 Å². The first kappa shape index (κ1) is 14.4. The minimum atomic E-state index is 1.04. The fourth-order valence-electron chi connectivity index (χ4n) is 4.00. The van der Waals surface area contributed by atoms with Crippen LogP contribution in [0.25, 0.3) is 0 Å². The van der Waals surface area contributed by atoms with E-state index in [0.717, 1.165) is 11.8 Å². The standard InChI is InChI=1S/C17H33N/c1-2-4-7-11-16(10-6-3-1)17-12-8-5-9-14-18-15-13-17/h16-18H,1-15H2. The largest absolute Gasteiger partial charge is 0.317 e. The Morgan fingerprint density at radius 1 is 0.444 bits per heavy atom. The first-order valence-electron chi connectivity index (χ1n) is 8.67. The molecule has 0 spiro atoms. The van der Waals surface area contributed by atoms with Crippen LogP contribution in [0, 0.1) is 11.8 Å². The van der Waals surface area contributed by atoms with Crippen molar-refractivity contribution in [3.8, 4) is 0 Å². The van der Waals surface area contributed by atoms with Crippen LogP contribution in [0.1, 0.15) is 83.5 Å². The van der Waals surface area contributed by atoms with E-state index in [1.54, 1.807) is 0 Å². The first-order chi connectivity index (χ1) is 8.97. The lowest BCUT2D eigenvalue weighted by molar-refractivity contribution is 0.251. The Labute approximate surface area is 114 Å². The van der Waals surface area contributed by atoms with Crippen molar-refractivity contribution in [2.24, 2.45) is 11.8 Å². The van der Waals surface area contributed by atoms with Crippen molar-refractivity contribution in [3.05, 3.63) is 0 Å². The van der Waals surface area contributed by atoms with E-state index in [1.807, 2.05) is 0 Å². The maximum absolute atomic E-state index is 3.64. The molecule has 106 valence electrons. The van der Waals surface area contributed by atoms with Gasteiger partial charge in [0.05, 0.1) is 0 Å². The predicted molar refractivity (Wildman–Crippen MR) is 79.9 cm³/mol. The van der Waals surface area contributed by atoms with E-state index >= 15 is 0 Å². The van der Waals surface area contributed by atoms with Crippen LogP contribution in [0.15, 0.2) is 0 Å². The molecule has 2 fully saturated rings. The lowest BCUT2D eigenvalue weighted by Crippen LogP contribution is -2.22. The molecule has 2 rings (SSSR count). The second-order valence-corrected chi connectivity index (χ2v) is 6.61. The van der Waals surface area contributed by atoms with Gasteiger partial charge in [-0.15, -0.1) is 0 Å². The van der Waals surface area contributed by atoms with E-state index in [1.165, 1.54) is 96.6 Å². The predicted octanol–water partition coefficient (Wildman–Crippen LogP) is 4.91. The molecule has 1 N–H and O–H groups in total. The molecule has 0 aromatic rings. The summed E-state index contributed by atoms with van der Waals surface area (Å²) in [4.78, 5) is 0. The van der Waals surface area contributed by atoms with Gasteiger partial charge in [0, 0.05) is 0 Å². The van der Waals surface area contributed by atoms with Gasteiger partial charge in [-0.05, 0) is 37.8 Å². The lowest BCUT2D eigenvalue weighted by Gasteiger charge is -2.27. The van der Waals surface area contributed by atoms with E-state index < -0.39 is 0 Å². The molecule has 1 atom stereocenters. The number of rotatable bonds is 1. The fraction of sp³-hybridized carbons (Fsp3) is 1.00. The Morgan fingerprint density at radius 2 is 0.944 bits per heavy atom. The van der Waals surface area contributed by atoms with Crippen LogP contribution in [-0.2, 0) is 0 Å². The van der Waals surface area contributed by atoms with Crippen molar-refractivity contribution in [2.45, 2.75) is 83.5 Å². The highest BCUT2D eigenvalue weighted by Crippen LogP contribution is 2.33. The van der Waals surface area contributed by atoms with Gasteiger partial charge >= 0.3 is 0 Å². The molecule has 1 aliphatic heterocycles. The number of nitrogens with one attached hydrogen (secondary N) is 1. The second-order valence-electron chi connectivity index (χ2n) is 6.61. The van der Waals surface area contributed by atoms with Crippen molar-refractivity contribution in [1.29, 1.82) is 0 Å². The average molecular weight is 251 g/mol. The highest BCUT2D eigenvalue weighted by atomic mass is 14.8. The highest BCUT2D eigenvalue weighted by molar-refractivity contribution is 4.74. The molecule has 0 aromatic carbocycles. The summed E-state index contributed by atoms with van der Waals surface area (Å²) >= 11 is 0. The number of hydrogen-bond donors (Lipinski definition) is 1. The maximum Gasteiger partial charge on any atom is -0.00462 e. The third kappa shape index (κ3) is 5.30. The van der Waals surface area contributed by atoms with E-state index in [-0.39, 0.29) is 0 Å². The molecule has 0 amide bonds. The Kier molecular flexibility index (Phi) is 7.15. The Balaban J connectivity index is 1.83. The zero-order valence-corrected chi connectivity index (χ0v) is 12.3. The van der Waals surface area contributed by atoms with Crippen LogP contribution in [-0.4, -0.2) is 13.1 Å². The molecular weight excluding hydrogens is 218 g/mol. The average Bonchev–Trinajstić information content (AvgIpc) is 2.61.